The molecule has 0 radical (unpaired) electrons. The average molecular weight is 163 g/mol. The van der Waals surface area contributed by atoms with Crippen LogP contribution < -0.4 is 11.4 Å². The van der Waals surface area contributed by atoms with Crippen molar-refractivity contribution in [1.82, 2.24) is 10.5 Å². The predicted octanol–water partition coefficient (Wildman–Crippen LogP) is 0.967. The summed E-state index contributed by atoms with van der Waals surface area (Å²) in [5.41, 5.74) is 4.40. The number of nitrogens with two attached hydrogens (primary N) is 1. The largest absolute Gasteiger partial charge is 0.298 e. The molecule has 3 N–H and O–H groups in total. The lowest BCUT2D eigenvalue weighted by Crippen LogP contribution is -2.38. The van der Waals surface area contributed by atoms with Gasteiger partial charge >= 0.3 is 0 Å². The van der Waals surface area contributed by atoms with Gasteiger partial charge in [0.05, 0.1) is 5.70 Å². The summed E-state index contributed by atoms with van der Waals surface area (Å²) in [4.78, 5) is 0. The fourth-order valence-corrected chi connectivity index (χ4v) is 0.902. The number of nitrogens with zero attached hydrogens (tertiary/aromatic N) is 1. The molecule has 0 aliphatic heterocycles. The van der Waals surface area contributed by atoms with Crippen molar-refractivity contribution in [3.05, 3.63) is 42.5 Å². The molecule has 3 nitrogen and oxygen atoms in total. The molecule has 0 saturated heterocycles. The van der Waals surface area contributed by atoms with Crippen LogP contribution in [0.25, 0.3) is 5.70 Å². The summed E-state index contributed by atoms with van der Waals surface area (Å²) in [6, 6.07) is 9.86. The lowest BCUT2D eigenvalue weighted by molar-refractivity contribution is 0.356. The number of hydrogen-bond donors (Lipinski definition) is 2. The van der Waals surface area contributed by atoms with Gasteiger partial charge in [0.25, 0.3) is 0 Å². The second-order valence-corrected chi connectivity index (χ2v) is 2.50. The zero-order valence-electron chi connectivity index (χ0n) is 7.12. The maximum absolute atomic E-state index is 5.23. The average Bonchev–Trinajstić information content (AvgIpc) is 2.17. The minimum atomic E-state index is 0.845. The van der Waals surface area contributed by atoms with Crippen molar-refractivity contribution >= 4 is 5.70 Å². The highest BCUT2D eigenvalue weighted by atomic mass is 15.6. The summed E-state index contributed by atoms with van der Waals surface area (Å²) in [7, 11) is 1.81. The minimum Gasteiger partial charge on any atom is -0.298 e. The van der Waals surface area contributed by atoms with Crippen molar-refractivity contribution < 1.29 is 0 Å². The maximum Gasteiger partial charge on any atom is 0.0530 e. The Morgan fingerprint density at radius 3 is 2.50 bits per heavy atom. The maximum atomic E-state index is 5.23. The van der Waals surface area contributed by atoms with E-state index in [9.17, 15) is 0 Å². The van der Waals surface area contributed by atoms with Gasteiger partial charge in [0.1, 0.15) is 0 Å². The molecule has 1 aromatic carbocycles. The molecule has 0 unspecified atom stereocenters. The molecule has 0 aromatic heterocycles. The van der Waals surface area contributed by atoms with Gasteiger partial charge in [-0.15, -0.1) is 0 Å². The Kier molecular flexibility index (Phi) is 2.85. The molecule has 0 bridgehead atoms. The van der Waals surface area contributed by atoms with Crippen molar-refractivity contribution in [2.24, 2.45) is 5.84 Å². The lowest BCUT2D eigenvalue weighted by atomic mass is 10.2. The molecular weight excluding hydrogens is 150 g/mol. The molecule has 0 aliphatic rings. The fraction of sp³-hybridized carbons (Fsp3) is 0.111. The Morgan fingerprint density at radius 2 is 2.00 bits per heavy atom. The van der Waals surface area contributed by atoms with E-state index in [-0.39, 0.29) is 0 Å². The van der Waals surface area contributed by atoms with Gasteiger partial charge in [-0.25, -0.2) is 0 Å². The van der Waals surface area contributed by atoms with Crippen molar-refractivity contribution in [2.45, 2.75) is 0 Å². The molecule has 0 aliphatic carbocycles. The van der Waals surface area contributed by atoms with Crippen LogP contribution in [0.5, 0.6) is 0 Å². The van der Waals surface area contributed by atoms with Crippen molar-refractivity contribution in [3.63, 3.8) is 0 Å². The standard InChI is InChI=1S/C9H13N3/c1-8(12(2)11-10)9-6-4-3-5-7-9/h3-7,11H,1,10H2,2H3. The first-order chi connectivity index (χ1) is 5.75. The molecule has 64 valence electrons. The molecule has 1 aromatic rings. The first-order valence-corrected chi connectivity index (χ1v) is 3.70. The fourth-order valence-electron chi connectivity index (χ4n) is 0.902. The molecule has 1 rings (SSSR count). The summed E-state index contributed by atoms with van der Waals surface area (Å²) in [5, 5.41) is 1.66. The lowest BCUT2D eigenvalue weighted by Gasteiger charge is -2.19. The highest BCUT2D eigenvalue weighted by Crippen LogP contribution is 2.12. The van der Waals surface area contributed by atoms with Crippen molar-refractivity contribution in [1.29, 1.82) is 0 Å². The van der Waals surface area contributed by atoms with E-state index in [1.54, 1.807) is 5.01 Å². The van der Waals surface area contributed by atoms with Crippen molar-refractivity contribution in [3.8, 4) is 0 Å². The Bertz CT molecular complexity index is 256. The third-order valence-corrected chi connectivity index (χ3v) is 1.71. The first-order valence-electron chi connectivity index (χ1n) is 3.70. The normalized spacial score (nSPS) is 9.50. The number of benzene rings is 1. The predicted molar refractivity (Wildman–Crippen MR) is 50.6 cm³/mol. The van der Waals surface area contributed by atoms with E-state index in [0.717, 1.165) is 11.3 Å². The summed E-state index contributed by atoms with van der Waals surface area (Å²) < 4.78 is 0. The van der Waals surface area contributed by atoms with Gasteiger partial charge in [-0.3, -0.25) is 10.9 Å². The smallest absolute Gasteiger partial charge is 0.0530 e. The molecule has 0 saturated carbocycles. The van der Waals surface area contributed by atoms with Crippen LogP contribution in [-0.4, -0.2) is 12.1 Å². The van der Waals surface area contributed by atoms with Crippen LogP contribution in [0.15, 0.2) is 36.9 Å². The van der Waals surface area contributed by atoms with E-state index >= 15 is 0 Å². The van der Waals surface area contributed by atoms with Gasteiger partial charge in [-0.1, -0.05) is 36.9 Å². The van der Waals surface area contributed by atoms with Crippen LogP contribution in [-0.2, 0) is 0 Å². The number of rotatable bonds is 3. The summed E-state index contributed by atoms with van der Waals surface area (Å²) in [6.07, 6.45) is 0. The third kappa shape index (κ3) is 1.84. The summed E-state index contributed by atoms with van der Waals surface area (Å²) >= 11 is 0. The van der Waals surface area contributed by atoms with E-state index in [1.165, 1.54) is 0 Å². The second kappa shape index (κ2) is 3.90. The highest BCUT2D eigenvalue weighted by molar-refractivity contribution is 5.60. The van der Waals surface area contributed by atoms with Crippen LogP contribution in [0.3, 0.4) is 0 Å². The van der Waals surface area contributed by atoms with Crippen LogP contribution in [0.2, 0.25) is 0 Å². The zero-order chi connectivity index (χ0) is 8.97. The van der Waals surface area contributed by atoms with E-state index < -0.39 is 0 Å². The van der Waals surface area contributed by atoms with Gasteiger partial charge < -0.3 is 0 Å². The minimum absolute atomic E-state index is 0.845. The molecule has 12 heavy (non-hydrogen) atoms. The summed E-state index contributed by atoms with van der Waals surface area (Å²) in [6.45, 7) is 3.88. The van der Waals surface area contributed by atoms with Crippen LogP contribution in [0.4, 0.5) is 0 Å². The van der Waals surface area contributed by atoms with Gasteiger partial charge in [-0.2, -0.15) is 5.53 Å². The third-order valence-electron chi connectivity index (χ3n) is 1.71. The molecule has 0 fully saturated rings. The number of hydrazine groups is 2. The first kappa shape index (κ1) is 8.77. The van der Waals surface area contributed by atoms with Gasteiger partial charge in [0.15, 0.2) is 0 Å². The monoisotopic (exact) mass is 163 g/mol. The topological polar surface area (TPSA) is 41.3 Å². The number of hydrogen-bond acceptors (Lipinski definition) is 3. The van der Waals surface area contributed by atoms with Crippen LogP contribution >= 0.6 is 0 Å². The Labute approximate surface area is 72.4 Å². The van der Waals surface area contributed by atoms with Gasteiger partial charge in [0.2, 0.25) is 0 Å². The Balaban J connectivity index is 2.79. The van der Waals surface area contributed by atoms with Crippen LogP contribution in [0, 0.1) is 0 Å². The molecule has 0 heterocycles. The van der Waals surface area contributed by atoms with E-state index in [2.05, 4.69) is 12.1 Å². The Morgan fingerprint density at radius 1 is 1.42 bits per heavy atom. The molecule has 3 heteroatoms. The van der Waals surface area contributed by atoms with Crippen molar-refractivity contribution in [2.75, 3.05) is 7.05 Å². The van der Waals surface area contributed by atoms with E-state index in [0.29, 0.717) is 0 Å². The second-order valence-electron chi connectivity index (χ2n) is 2.50. The van der Waals surface area contributed by atoms with Gasteiger partial charge in [-0.05, 0) is 5.56 Å². The molecule has 0 atom stereocenters. The number of nitrogens with one attached hydrogen (secondary N) is 1. The Hall–Kier alpha value is -1.32. The highest BCUT2D eigenvalue weighted by Gasteiger charge is 2.00. The SMILES string of the molecule is C=C(c1ccccc1)N(C)NN. The van der Waals surface area contributed by atoms with E-state index in [4.69, 9.17) is 5.84 Å². The summed E-state index contributed by atoms with van der Waals surface area (Å²) in [5.74, 6) is 5.23. The molecule has 0 amide bonds. The van der Waals surface area contributed by atoms with Gasteiger partial charge in [0, 0.05) is 7.05 Å². The van der Waals surface area contributed by atoms with Crippen LogP contribution in [0.1, 0.15) is 5.56 Å². The quantitative estimate of drug-likeness (QED) is 0.515. The zero-order valence-corrected chi connectivity index (χ0v) is 7.12. The van der Waals surface area contributed by atoms with E-state index in [1.807, 2.05) is 37.4 Å². The molecular formula is C9H13N3. The molecule has 0 spiro atoms.